The molecular formula is C12H24F3N3. The van der Waals surface area contributed by atoms with Crippen LogP contribution in [-0.2, 0) is 0 Å². The van der Waals surface area contributed by atoms with Crippen LogP contribution in [0.3, 0.4) is 0 Å². The van der Waals surface area contributed by atoms with Crippen molar-refractivity contribution >= 4 is 0 Å². The summed E-state index contributed by atoms with van der Waals surface area (Å²) in [7, 11) is 4.04. The van der Waals surface area contributed by atoms with Crippen LogP contribution < -0.4 is 5.73 Å². The minimum Gasteiger partial charge on any atom is -0.326 e. The molecule has 3 nitrogen and oxygen atoms in total. The zero-order valence-electron chi connectivity index (χ0n) is 11.2. The Hall–Kier alpha value is -0.330. The van der Waals surface area contributed by atoms with Gasteiger partial charge in [-0.25, -0.2) is 0 Å². The molecule has 1 aliphatic rings. The summed E-state index contributed by atoms with van der Waals surface area (Å²) in [6.45, 7) is 2.82. The molecule has 1 saturated heterocycles. The van der Waals surface area contributed by atoms with Crippen molar-refractivity contribution in [3.63, 3.8) is 0 Å². The molecule has 0 amide bonds. The third-order valence-corrected chi connectivity index (χ3v) is 3.61. The Morgan fingerprint density at radius 2 is 1.94 bits per heavy atom. The van der Waals surface area contributed by atoms with E-state index in [1.54, 1.807) is 0 Å². The number of hydrogen-bond acceptors (Lipinski definition) is 3. The molecule has 2 unspecified atom stereocenters. The van der Waals surface area contributed by atoms with Gasteiger partial charge in [0.25, 0.3) is 0 Å². The van der Waals surface area contributed by atoms with Crippen molar-refractivity contribution in [3.05, 3.63) is 0 Å². The Bertz CT molecular complexity index is 245. The third-order valence-electron chi connectivity index (χ3n) is 3.61. The van der Waals surface area contributed by atoms with E-state index < -0.39 is 12.6 Å². The van der Waals surface area contributed by atoms with Crippen LogP contribution in [0.2, 0.25) is 0 Å². The number of nitrogens with two attached hydrogens (primary N) is 1. The molecule has 18 heavy (non-hydrogen) atoms. The lowest BCUT2D eigenvalue weighted by molar-refractivity contribution is -0.135. The van der Waals surface area contributed by atoms with Gasteiger partial charge in [-0.05, 0) is 46.4 Å². The lowest BCUT2D eigenvalue weighted by Gasteiger charge is -2.32. The van der Waals surface area contributed by atoms with Crippen molar-refractivity contribution in [1.29, 1.82) is 0 Å². The van der Waals surface area contributed by atoms with Crippen molar-refractivity contribution in [1.82, 2.24) is 9.80 Å². The van der Waals surface area contributed by atoms with E-state index in [0.717, 1.165) is 26.1 Å². The zero-order chi connectivity index (χ0) is 13.8. The molecule has 0 aromatic heterocycles. The molecule has 108 valence electrons. The molecule has 0 spiro atoms. The van der Waals surface area contributed by atoms with E-state index in [1.807, 2.05) is 14.1 Å². The topological polar surface area (TPSA) is 32.5 Å². The predicted molar refractivity (Wildman–Crippen MR) is 66.4 cm³/mol. The molecule has 1 aliphatic heterocycles. The standard InChI is InChI=1S/C12H24F3N3/c1-17-7-4-8-18(2)11(9-17)10(16)5-3-6-12(13,14)15/h10-11H,3-9,16H2,1-2H3. The molecule has 0 aromatic carbocycles. The maximum absolute atomic E-state index is 12.1. The highest BCUT2D eigenvalue weighted by atomic mass is 19.4. The van der Waals surface area contributed by atoms with Crippen LogP contribution >= 0.6 is 0 Å². The second kappa shape index (κ2) is 6.73. The van der Waals surface area contributed by atoms with Crippen LogP contribution in [0, 0.1) is 0 Å². The van der Waals surface area contributed by atoms with E-state index in [2.05, 4.69) is 9.80 Å². The number of rotatable bonds is 4. The molecule has 2 atom stereocenters. The summed E-state index contributed by atoms with van der Waals surface area (Å²) in [6.07, 6.45) is -3.15. The van der Waals surface area contributed by atoms with Crippen LogP contribution in [0.5, 0.6) is 0 Å². The van der Waals surface area contributed by atoms with Gasteiger partial charge in [0.05, 0.1) is 0 Å². The average Bonchev–Trinajstić information content (AvgIpc) is 2.38. The van der Waals surface area contributed by atoms with Gasteiger partial charge in [-0.3, -0.25) is 0 Å². The number of halogens is 3. The highest BCUT2D eigenvalue weighted by Gasteiger charge is 2.29. The SMILES string of the molecule is CN1CCCN(C)C(C(N)CCCC(F)(F)F)C1. The fourth-order valence-corrected chi connectivity index (χ4v) is 2.50. The Labute approximate surface area is 107 Å². The lowest BCUT2D eigenvalue weighted by atomic mass is 10.0. The maximum atomic E-state index is 12.1. The van der Waals surface area contributed by atoms with Crippen molar-refractivity contribution in [2.75, 3.05) is 33.7 Å². The summed E-state index contributed by atoms with van der Waals surface area (Å²) in [5.74, 6) is 0. The summed E-state index contributed by atoms with van der Waals surface area (Å²) in [5, 5.41) is 0. The Balaban J connectivity index is 2.40. The molecule has 2 N–H and O–H groups in total. The summed E-state index contributed by atoms with van der Waals surface area (Å²) in [6, 6.07) is -0.0244. The van der Waals surface area contributed by atoms with Crippen molar-refractivity contribution in [2.45, 2.75) is 43.9 Å². The molecule has 6 heteroatoms. The highest BCUT2D eigenvalue weighted by Crippen LogP contribution is 2.23. The zero-order valence-corrected chi connectivity index (χ0v) is 11.2. The second-order valence-electron chi connectivity index (χ2n) is 5.34. The lowest BCUT2D eigenvalue weighted by Crippen LogP contribution is -2.50. The largest absolute Gasteiger partial charge is 0.389 e. The molecular weight excluding hydrogens is 243 g/mol. The van der Waals surface area contributed by atoms with Crippen molar-refractivity contribution in [2.24, 2.45) is 5.73 Å². The summed E-state index contributed by atoms with van der Waals surface area (Å²) in [5.41, 5.74) is 6.06. The maximum Gasteiger partial charge on any atom is 0.389 e. The van der Waals surface area contributed by atoms with E-state index in [0.29, 0.717) is 6.42 Å². The fourth-order valence-electron chi connectivity index (χ4n) is 2.50. The number of alkyl halides is 3. The number of likely N-dealkylation sites (N-methyl/N-ethyl adjacent to an activating group) is 2. The van der Waals surface area contributed by atoms with Gasteiger partial charge in [0.15, 0.2) is 0 Å². The number of hydrogen-bond donors (Lipinski definition) is 1. The monoisotopic (exact) mass is 267 g/mol. The Morgan fingerprint density at radius 1 is 1.28 bits per heavy atom. The van der Waals surface area contributed by atoms with E-state index in [4.69, 9.17) is 5.73 Å². The molecule has 0 aliphatic carbocycles. The first-order valence-electron chi connectivity index (χ1n) is 6.50. The minimum atomic E-state index is -4.06. The van der Waals surface area contributed by atoms with Crippen LogP contribution in [0.25, 0.3) is 0 Å². The predicted octanol–water partition coefficient (Wildman–Crippen LogP) is 1.68. The first-order valence-corrected chi connectivity index (χ1v) is 6.50. The molecule has 1 heterocycles. The molecule has 0 radical (unpaired) electrons. The van der Waals surface area contributed by atoms with E-state index in [1.165, 1.54) is 0 Å². The summed E-state index contributed by atoms with van der Waals surface area (Å²) >= 11 is 0. The van der Waals surface area contributed by atoms with Crippen LogP contribution in [0.15, 0.2) is 0 Å². The van der Waals surface area contributed by atoms with Gasteiger partial charge < -0.3 is 15.5 Å². The van der Waals surface area contributed by atoms with E-state index in [-0.39, 0.29) is 18.5 Å². The first-order chi connectivity index (χ1) is 8.29. The normalized spacial score (nSPS) is 26.0. The van der Waals surface area contributed by atoms with Gasteiger partial charge in [-0.1, -0.05) is 0 Å². The average molecular weight is 267 g/mol. The van der Waals surface area contributed by atoms with Gasteiger partial charge in [-0.2, -0.15) is 13.2 Å². The molecule has 0 bridgehead atoms. The quantitative estimate of drug-likeness (QED) is 0.841. The van der Waals surface area contributed by atoms with E-state index >= 15 is 0 Å². The van der Waals surface area contributed by atoms with Gasteiger partial charge in [0.1, 0.15) is 0 Å². The van der Waals surface area contributed by atoms with Crippen molar-refractivity contribution < 1.29 is 13.2 Å². The smallest absolute Gasteiger partial charge is 0.326 e. The Morgan fingerprint density at radius 3 is 2.56 bits per heavy atom. The molecule has 0 aromatic rings. The van der Waals surface area contributed by atoms with Crippen LogP contribution in [0.1, 0.15) is 25.7 Å². The number of nitrogens with zero attached hydrogens (tertiary/aromatic N) is 2. The van der Waals surface area contributed by atoms with E-state index in [9.17, 15) is 13.2 Å². The second-order valence-corrected chi connectivity index (χ2v) is 5.34. The van der Waals surface area contributed by atoms with Gasteiger partial charge in [-0.15, -0.1) is 0 Å². The van der Waals surface area contributed by atoms with Crippen LogP contribution in [0.4, 0.5) is 13.2 Å². The first kappa shape index (κ1) is 15.7. The summed E-state index contributed by atoms with van der Waals surface area (Å²) in [4.78, 5) is 4.39. The van der Waals surface area contributed by atoms with Gasteiger partial charge >= 0.3 is 6.18 Å². The van der Waals surface area contributed by atoms with Gasteiger partial charge in [0, 0.05) is 25.0 Å². The Kier molecular flexibility index (Phi) is 5.88. The fraction of sp³-hybridized carbons (Fsp3) is 1.00. The highest BCUT2D eigenvalue weighted by molar-refractivity contribution is 4.85. The molecule has 0 saturated carbocycles. The third kappa shape index (κ3) is 5.54. The van der Waals surface area contributed by atoms with Crippen molar-refractivity contribution in [3.8, 4) is 0 Å². The van der Waals surface area contributed by atoms with Crippen LogP contribution in [-0.4, -0.2) is 61.8 Å². The summed E-state index contributed by atoms with van der Waals surface area (Å²) < 4.78 is 36.3. The van der Waals surface area contributed by atoms with Gasteiger partial charge in [0.2, 0.25) is 0 Å². The molecule has 1 fully saturated rings. The minimum absolute atomic E-state index is 0.124. The molecule has 1 rings (SSSR count).